The molecule has 2 atom stereocenters. The van der Waals surface area contributed by atoms with Crippen molar-refractivity contribution >= 4 is 0 Å². The Balaban J connectivity index is 2.08. The average molecular weight is 289 g/mol. The third kappa shape index (κ3) is 3.42. The van der Waals surface area contributed by atoms with Crippen LogP contribution in [0.4, 0.5) is 0 Å². The Labute approximate surface area is 130 Å². The maximum Gasteiger partial charge on any atom is 0.123 e. The Morgan fingerprint density at radius 1 is 1.33 bits per heavy atom. The fourth-order valence-corrected chi connectivity index (χ4v) is 3.12. The maximum atomic E-state index is 6.41. The summed E-state index contributed by atoms with van der Waals surface area (Å²) in [6.07, 6.45) is 2.61. The van der Waals surface area contributed by atoms with E-state index in [4.69, 9.17) is 4.74 Å². The van der Waals surface area contributed by atoms with Crippen molar-refractivity contribution in [1.82, 2.24) is 5.32 Å². The van der Waals surface area contributed by atoms with Crippen LogP contribution in [0, 0.1) is 12.3 Å². The molecule has 2 unspecified atom stereocenters. The number of aryl methyl sites for hydroxylation is 1. The lowest BCUT2D eigenvalue weighted by atomic mass is 9.64. The second-order valence-corrected chi connectivity index (χ2v) is 7.37. The van der Waals surface area contributed by atoms with Crippen LogP contribution in [0.25, 0.3) is 0 Å². The molecule has 1 aliphatic carbocycles. The normalized spacial score (nSPS) is 24.0. The molecule has 1 aromatic rings. The van der Waals surface area contributed by atoms with E-state index in [1.165, 1.54) is 17.5 Å². The van der Waals surface area contributed by atoms with Gasteiger partial charge in [-0.05, 0) is 43.0 Å². The molecule has 1 N–H and O–H groups in total. The van der Waals surface area contributed by atoms with Gasteiger partial charge in [-0.2, -0.15) is 0 Å². The molecule has 0 saturated heterocycles. The van der Waals surface area contributed by atoms with Gasteiger partial charge in [-0.3, -0.25) is 0 Å². The molecule has 0 aromatic heterocycles. The van der Waals surface area contributed by atoms with Crippen molar-refractivity contribution in [1.29, 1.82) is 0 Å². The number of nitrogens with one attached hydrogen (secondary N) is 1. The monoisotopic (exact) mass is 289 g/mol. The van der Waals surface area contributed by atoms with Crippen LogP contribution in [-0.4, -0.2) is 18.7 Å². The molecular weight excluding hydrogens is 258 g/mol. The van der Waals surface area contributed by atoms with Gasteiger partial charge in [0.05, 0.1) is 0 Å². The van der Waals surface area contributed by atoms with Gasteiger partial charge in [-0.15, -0.1) is 0 Å². The average Bonchev–Trinajstić information content (AvgIpc) is 2.41. The van der Waals surface area contributed by atoms with Crippen LogP contribution in [0.3, 0.4) is 0 Å². The summed E-state index contributed by atoms with van der Waals surface area (Å²) in [5, 5.41) is 3.64. The highest BCUT2D eigenvalue weighted by Gasteiger charge is 2.49. The molecule has 1 aliphatic rings. The van der Waals surface area contributed by atoms with Crippen LogP contribution in [0.1, 0.15) is 64.5 Å². The van der Waals surface area contributed by atoms with Crippen LogP contribution >= 0.6 is 0 Å². The second-order valence-electron chi connectivity index (χ2n) is 7.37. The zero-order valence-corrected chi connectivity index (χ0v) is 14.5. The molecule has 2 rings (SSSR count). The summed E-state index contributed by atoms with van der Waals surface area (Å²) in [5.41, 5.74) is 2.79. The highest BCUT2D eigenvalue weighted by Crippen LogP contribution is 2.44. The van der Waals surface area contributed by atoms with E-state index in [9.17, 15) is 0 Å². The highest BCUT2D eigenvalue weighted by atomic mass is 16.5. The number of ether oxygens (including phenoxy) is 1. The minimum absolute atomic E-state index is 0.202. The van der Waals surface area contributed by atoms with E-state index >= 15 is 0 Å². The molecule has 1 saturated carbocycles. The zero-order chi connectivity index (χ0) is 15.6. The maximum absolute atomic E-state index is 6.41. The Morgan fingerprint density at radius 2 is 2.05 bits per heavy atom. The van der Waals surface area contributed by atoms with E-state index in [0.717, 1.165) is 18.7 Å². The quantitative estimate of drug-likeness (QED) is 0.822. The molecule has 0 spiro atoms. The largest absolute Gasteiger partial charge is 0.489 e. The van der Waals surface area contributed by atoms with E-state index in [0.29, 0.717) is 18.1 Å². The van der Waals surface area contributed by atoms with Gasteiger partial charge in [0.2, 0.25) is 0 Å². The summed E-state index contributed by atoms with van der Waals surface area (Å²) in [4.78, 5) is 0. The first-order valence-electron chi connectivity index (χ1n) is 8.36. The molecule has 0 radical (unpaired) electrons. The molecular formula is C19H31NO. The first kappa shape index (κ1) is 16.4. The van der Waals surface area contributed by atoms with Crippen molar-refractivity contribution in [3.63, 3.8) is 0 Å². The lowest BCUT2D eigenvalue weighted by Gasteiger charge is -2.52. The van der Waals surface area contributed by atoms with E-state index < -0.39 is 0 Å². The first-order valence-corrected chi connectivity index (χ1v) is 8.36. The van der Waals surface area contributed by atoms with Crippen LogP contribution in [0.2, 0.25) is 0 Å². The predicted molar refractivity (Wildman–Crippen MR) is 90.2 cm³/mol. The number of benzene rings is 1. The lowest BCUT2D eigenvalue weighted by Crippen LogP contribution is -2.62. The summed E-state index contributed by atoms with van der Waals surface area (Å²) < 4.78 is 6.41. The van der Waals surface area contributed by atoms with Crippen LogP contribution in [-0.2, 0) is 0 Å². The molecule has 0 bridgehead atoms. The minimum atomic E-state index is 0.202. The van der Waals surface area contributed by atoms with E-state index in [2.05, 4.69) is 65.1 Å². The fourth-order valence-electron chi connectivity index (χ4n) is 3.12. The molecule has 1 aromatic carbocycles. The van der Waals surface area contributed by atoms with Crippen molar-refractivity contribution in [3.8, 4) is 5.75 Å². The molecule has 118 valence electrons. The summed E-state index contributed by atoms with van der Waals surface area (Å²) in [5.74, 6) is 1.58. The summed E-state index contributed by atoms with van der Waals surface area (Å²) >= 11 is 0. The zero-order valence-electron chi connectivity index (χ0n) is 14.5. The van der Waals surface area contributed by atoms with Crippen LogP contribution in [0.15, 0.2) is 18.2 Å². The first-order chi connectivity index (χ1) is 9.86. The topological polar surface area (TPSA) is 21.3 Å². The van der Waals surface area contributed by atoms with E-state index in [1.807, 2.05) is 0 Å². The summed E-state index contributed by atoms with van der Waals surface area (Å²) in [6, 6.07) is 7.17. The number of hydrogen-bond acceptors (Lipinski definition) is 2. The SMILES string of the molecule is CCCNC1CC(Oc2cc(C)ccc2C(C)C)C1(C)C. The lowest BCUT2D eigenvalue weighted by molar-refractivity contribution is -0.0551. The van der Waals surface area contributed by atoms with Gasteiger partial charge in [-0.1, -0.05) is 46.8 Å². The third-order valence-electron chi connectivity index (χ3n) is 4.88. The summed E-state index contributed by atoms with van der Waals surface area (Å²) in [6.45, 7) is 14.5. The highest BCUT2D eigenvalue weighted by molar-refractivity contribution is 5.39. The molecule has 1 fully saturated rings. The Kier molecular flexibility index (Phi) is 4.98. The molecule has 21 heavy (non-hydrogen) atoms. The molecule has 0 amide bonds. The van der Waals surface area contributed by atoms with Gasteiger partial charge in [0, 0.05) is 17.9 Å². The van der Waals surface area contributed by atoms with Gasteiger partial charge in [-0.25, -0.2) is 0 Å². The fraction of sp³-hybridized carbons (Fsp3) is 0.684. The number of hydrogen-bond donors (Lipinski definition) is 1. The van der Waals surface area contributed by atoms with Crippen LogP contribution in [0.5, 0.6) is 5.75 Å². The van der Waals surface area contributed by atoms with Crippen molar-refractivity contribution < 1.29 is 4.74 Å². The van der Waals surface area contributed by atoms with Gasteiger partial charge in [0.15, 0.2) is 0 Å². The van der Waals surface area contributed by atoms with E-state index in [1.54, 1.807) is 0 Å². The van der Waals surface area contributed by atoms with Crippen molar-refractivity contribution in [2.75, 3.05) is 6.54 Å². The van der Waals surface area contributed by atoms with Crippen molar-refractivity contribution in [2.24, 2.45) is 5.41 Å². The molecule has 0 heterocycles. The van der Waals surface area contributed by atoms with Crippen molar-refractivity contribution in [3.05, 3.63) is 29.3 Å². The second kappa shape index (κ2) is 6.39. The number of rotatable bonds is 6. The van der Waals surface area contributed by atoms with Gasteiger partial charge < -0.3 is 10.1 Å². The van der Waals surface area contributed by atoms with Crippen LogP contribution < -0.4 is 10.1 Å². The van der Waals surface area contributed by atoms with Gasteiger partial charge in [0.25, 0.3) is 0 Å². The summed E-state index contributed by atoms with van der Waals surface area (Å²) in [7, 11) is 0. The smallest absolute Gasteiger partial charge is 0.123 e. The molecule has 0 aliphatic heterocycles. The Bertz CT molecular complexity index is 478. The Hall–Kier alpha value is -1.02. The molecule has 2 nitrogen and oxygen atoms in total. The van der Waals surface area contributed by atoms with Gasteiger partial charge >= 0.3 is 0 Å². The standard InChI is InChI=1S/C19H31NO/c1-7-10-20-17-12-18(19(17,5)6)21-16-11-14(4)8-9-15(16)13(2)3/h8-9,11,13,17-18,20H,7,10,12H2,1-6H3. The predicted octanol–water partition coefficient (Wildman–Crippen LogP) is 4.66. The molecule has 2 heteroatoms. The Morgan fingerprint density at radius 3 is 2.62 bits per heavy atom. The van der Waals surface area contributed by atoms with Crippen molar-refractivity contribution in [2.45, 2.75) is 72.4 Å². The minimum Gasteiger partial charge on any atom is -0.489 e. The van der Waals surface area contributed by atoms with E-state index in [-0.39, 0.29) is 5.41 Å². The van der Waals surface area contributed by atoms with Gasteiger partial charge in [0.1, 0.15) is 11.9 Å². The third-order valence-corrected chi connectivity index (χ3v) is 4.88.